The maximum Gasteiger partial charge on any atom is 0.254 e. The molecule has 2 amide bonds. The molecule has 3 aromatic carbocycles. The van der Waals surface area contributed by atoms with Gasteiger partial charge in [-0.2, -0.15) is 0 Å². The molecule has 1 aliphatic rings. The molecule has 3 aromatic rings. The van der Waals surface area contributed by atoms with E-state index in [9.17, 15) is 9.59 Å². The van der Waals surface area contributed by atoms with Crippen molar-refractivity contribution in [3.63, 3.8) is 0 Å². The van der Waals surface area contributed by atoms with Gasteiger partial charge in [-0.25, -0.2) is 0 Å². The molecule has 4 rings (SSSR count). The summed E-state index contributed by atoms with van der Waals surface area (Å²) in [6.07, 6.45) is 0.399. The number of nitrogens with zero attached hydrogens (tertiary/aromatic N) is 1. The number of halogens is 1. The number of benzene rings is 3. The lowest BCUT2D eigenvalue weighted by molar-refractivity contribution is -0.122. The van der Waals surface area contributed by atoms with Gasteiger partial charge in [0, 0.05) is 23.6 Å². The highest BCUT2D eigenvalue weighted by Gasteiger charge is 2.34. The highest BCUT2D eigenvalue weighted by Crippen LogP contribution is 2.31. The second-order valence-corrected chi connectivity index (χ2v) is 8.04. The Balaban J connectivity index is 1.55. The van der Waals surface area contributed by atoms with Crippen molar-refractivity contribution >= 4 is 23.4 Å². The van der Waals surface area contributed by atoms with E-state index in [1.807, 2.05) is 36.4 Å². The zero-order valence-electron chi connectivity index (χ0n) is 17.6. The van der Waals surface area contributed by atoms with Gasteiger partial charge >= 0.3 is 0 Å². The van der Waals surface area contributed by atoms with Crippen molar-refractivity contribution in [2.24, 2.45) is 5.73 Å². The molecule has 1 unspecified atom stereocenters. The maximum atomic E-state index is 13.3. The average molecular weight is 451 g/mol. The summed E-state index contributed by atoms with van der Waals surface area (Å²) in [5.41, 5.74) is 9.01. The van der Waals surface area contributed by atoms with E-state index in [2.05, 4.69) is 0 Å². The minimum atomic E-state index is -0.704. The number of hydrogen-bond donors (Lipinski definition) is 1. The van der Waals surface area contributed by atoms with Gasteiger partial charge in [0.15, 0.2) is 11.5 Å². The summed E-state index contributed by atoms with van der Waals surface area (Å²) in [5, 5.41) is 0.656. The second-order valence-electron chi connectivity index (χ2n) is 7.60. The van der Waals surface area contributed by atoms with Crippen molar-refractivity contribution in [2.75, 3.05) is 7.11 Å². The van der Waals surface area contributed by atoms with Crippen LogP contribution in [-0.4, -0.2) is 29.9 Å². The van der Waals surface area contributed by atoms with Crippen LogP contribution in [0.5, 0.6) is 11.5 Å². The summed E-state index contributed by atoms with van der Waals surface area (Å²) in [6.45, 7) is 0.646. The lowest BCUT2D eigenvalue weighted by Crippen LogP contribution is -2.51. The Labute approximate surface area is 191 Å². The number of methoxy groups -OCH3 is 1. The summed E-state index contributed by atoms with van der Waals surface area (Å²) in [7, 11) is 1.52. The Kier molecular flexibility index (Phi) is 6.32. The highest BCUT2D eigenvalue weighted by atomic mass is 35.5. The molecule has 0 spiro atoms. The van der Waals surface area contributed by atoms with E-state index in [-0.39, 0.29) is 5.91 Å². The number of nitrogens with two attached hydrogens (primary N) is 1. The Morgan fingerprint density at radius 3 is 2.44 bits per heavy atom. The first-order valence-corrected chi connectivity index (χ1v) is 10.6. The standard InChI is InChI=1S/C25H23ClN2O4/c1-31-23-13-18(8-11-22(23)32-15-16-6-9-20(26)10-7-16)25(30)28-14-19-5-3-2-4-17(19)12-21(28)24(27)29/h2-11,13,21H,12,14-15H2,1H3,(H2,27,29). The molecular formula is C25H23ClN2O4. The molecule has 0 aliphatic carbocycles. The first-order valence-electron chi connectivity index (χ1n) is 10.2. The van der Waals surface area contributed by atoms with Crippen LogP contribution in [0.15, 0.2) is 66.7 Å². The molecule has 2 N–H and O–H groups in total. The summed E-state index contributed by atoms with van der Waals surface area (Å²) in [4.78, 5) is 26.9. The molecule has 7 heteroatoms. The normalized spacial score (nSPS) is 15.1. The van der Waals surface area contributed by atoms with Crippen molar-refractivity contribution in [3.05, 3.63) is 94.0 Å². The number of fused-ring (bicyclic) bond motifs is 1. The Morgan fingerprint density at radius 1 is 1.03 bits per heavy atom. The molecule has 164 valence electrons. The molecule has 1 aliphatic heterocycles. The van der Waals surface area contributed by atoms with Crippen molar-refractivity contribution in [1.29, 1.82) is 0 Å². The smallest absolute Gasteiger partial charge is 0.254 e. The van der Waals surface area contributed by atoms with Crippen LogP contribution in [0.4, 0.5) is 0 Å². The van der Waals surface area contributed by atoms with E-state index in [1.54, 1.807) is 30.3 Å². The predicted molar refractivity (Wildman–Crippen MR) is 122 cm³/mol. The molecule has 0 bridgehead atoms. The number of rotatable bonds is 6. The van der Waals surface area contributed by atoms with Crippen LogP contribution in [0, 0.1) is 0 Å². The monoisotopic (exact) mass is 450 g/mol. The summed E-state index contributed by atoms with van der Waals surface area (Å²) in [6, 6.07) is 19.4. The van der Waals surface area contributed by atoms with E-state index in [1.165, 1.54) is 12.0 Å². The number of primary amides is 1. The fraction of sp³-hybridized carbons (Fsp3) is 0.200. The van der Waals surface area contributed by atoms with E-state index in [4.69, 9.17) is 26.8 Å². The molecule has 0 saturated heterocycles. The van der Waals surface area contributed by atoms with Gasteiger partial charge in [0.2, 0.25) is 5.91 Å². The number of ether oxygens (including phenoxy) is 2. The molecule has 6 nitrogen and oxygen atoms in total. The fourth-order valence-corrected chi connectivity index (χ4v) is 3.94. The number of carbonyl (C=O) groups is 2. The largest absolute Gasteiger partial charge is 0.493 e. The molecule has 0 aromatic heterocycles. The van der Waals surface area contributed by atoms with Gasteiger partial charge in [-0.05, 0) is 47.0 Å². The van der Waals surface area contributed by atoms with E-state index in [0.29, 0.717) is 41.7 Å². The zero-order chi connectivity index (χ0) is 22.7. The van der Waals surface area contributed by atoms with E-state index >= 15 is 0 Å². The summed E-state index contributed by atoms with van der Waals surface area (Å²) in [5.74, 6) is 0.126. The number of hydrogen-bond acceptors (Lipinski definition) is 4. The predicted octanol–water partition coefficient (Wildman–Crippen LogP) is 3.98. The number of amides is 2. The Hall–Kier alpha value is -3.51. The average Bonchev–Trinajstić information content (AvgIpc) is 2.82. The molecule has 32 heavy (non-hydrogen) atoms. The van der Waals surface area contributed by atoms with Gasteiger partial charge in [-0.1, -0.05) is 48.0 Å². The van der Waals surface area contributed by atoms with Crippen LogP contribution in [0.2, 0.25) is 5.02 Å². The molecule has 0 saturated carbocycles. The molecule has 1 atom stereocenters. The molecular weight excluding hydrogens is 428 g/mol. The van der Waals surface area contributed by atoms with Crippen molar-refractivity contribution in [1.82, 2.24) is 4.90 Å². The van der Waals surface area contributed by atoms with Crippen LogP contribution < -0.4 is 15.2 Å². The van der Waals surface area contributed by atoms with Crippen LogP contribution >= 0.6 is 11.6 Å². The molecule has 0 fully saturated rings. The van der Waals surface area contributed by atoms with Gasteiger partial charge in [0.05, 0.1) is 7.11 Å². The minimum absolute atomic E-state index is 0.286. The second kappa shape index (κ2) is 9.32. The van der Waals surface area contributed by atoms with Gasteiger partial charge in [-0.15, -0.1) is 0 Å². The lowest BCUT2D eigenvalue weighted by atomic mass is 9.93. The van der Waals surface area contributed by atoms with Crippen LogP contribution in [0.1, 0.15) is 27.0 Å². The molecule has 0 radical (unpaired) electrons. The third-order valence-corrected chi connectivity index (χ3v) is 5.81. The topological polar surface area (TPSA) is 81.9 Å². The zero-order valence-corrected chi connectivity index (χ0v) is 18.3. The Bertz CT molecular complexity index is 1150. The third-order valence-electron chi connectivity index (χ3n) is 5.56. The first-order chi connectivity index (χ1) is 15.5. The summed E-state index contributed by atoms with van der Waals surface area (Å²) < 4.78 is 11.3. The van der Waals surface area contributed by atoms with E-state index < -0.39 is 11.9 Å². The van der Waals surface area contributed by atoms with Crippen molar-refractivity contribution in [3.8, 4) is 11.5 Å². The summed E-state index contributed by atoms with van der Waals surface area (Å²) >= 11 is 5.92. The van der Waals surface area contributed by atoms with E-state index in [0.717, 1.165) is 16.7 Å². The van der Waals surface area contributed by atoms with Crippen molar-refractivity contribution < 1.29 is 19.1 Å². The molecule has 1 heterocycles. The van der Waals surface area contributed by atoms with Gasteiger partial charge in [0.25, 0.3) is 5.91 Å². The highest BCUT2D eigenvalue weighted by molar-refractivity contribution is 6.30. The lowest BCUT2D eigenvalue weighted by Gasteiger charge is -2.35. The maximum absolute atomic E-state index is 13.3. The minimum Gasteiger partial charge on any atom is -0.493 e. The van der Waals surface area contributed by atoms with Crippen molar-refractivity contribution in [2.45, 2.75) is 25.6 Å². The SMILES string of the molecule is COc1cc(C(=O)N2Cc3ccccc3CC2C(N)=O)ccc1OCc1ccc(Cl)cc1. The fourth-order valence-electron chi connectivity index (χ4n) is 3.82. The first kappa shape index (κ1) is 21.7. The van der Waals surface area contributed by atoms with Crippen LogP contribution in [0.25, 0.3) is 0 Å². The number of carbonyl (C=O) groups excluding carboxylic acids is 2. The van der Waals surface area contributed by atoms with Gasteiger partial charge in [-0.3, -0.25) is 9.59 Å². The third kappa shape index (κ3) is 4.55. The Morgan fingerprint density at radius 2 is 1.75 bits per heavy atom. The van der Waals surface area contributed by atoms with Crippen LogP contribution in [0.3, 0.4) is 0 Å². The quantitative estimate of drug-likeness (QED) is 0.615. The van der Waals surface area contributed by atoms with Crippen LogP contribution in [-0.2, 0) is 24.4 Å². The van der Waals surface area contributed by atoms with Gasteiger partial charge in [0.1, 0.15) is 12.6 Å². The van der Waals surface area contributed by atoms with Gasteiger partial charge < -0.3 is 20.1 Å².